The highest BCUT2D eigenvalue weighted by Gasteiger charge is 2.44. The van der Waals surface area contributed by atoms with E-state index in [0.717, 1.165) is 24.8 Å². The summed E-state index contributed by atoms with van der Waals surface area (Å²) in [5, 5.41) is 14.0. The minimum Gasteiger partial charge on any atom is -0.383 e. The molecule has 0 spiro atoms. The van der Waals surface area contributed by atoms with E-state index in [0.29, 0.717) is 18.9 Å². The fourth-order valence-electron chi connectivity index (χ4n) is 4.00. The maximum Gasteiger partial charge on any atom is 0.223 e. The molecule has 3 unspecified atom stereocenters. The van der Waals surface area contributed by atoms with Gasteiger partial charge in [-0.25, -0.2) is 0 Å². The maximum absolute atomic E-state index is 12.5. The SMILES string of the molecule is O=C(NCC1(O)CCCc2ccccc21)C1CC1c1ccccc1. The summed E-state index contributed by atoms with van der Waals surface area (Å²) in [4.78, 5) is 12.5. The molecule has 2 aromatic rings. The fraction of sp³-hybridized carbons (Fsp3) is 0.381. The molecule has 0 radical (unpaired) electrons. The molecule has 1 saturated carbocycles. The summed E-state index contributed by atoms with van der Waals surface area (Å²) in [6.07, 6.45) is 3.58. The van der Waals surface area contributed by atoms with Crippen LogP contribution in [-0.2, 0) is 16.8 Å². The minimum absolute atomic E-state index is 0.0508. The molecule has 3 nitrogen and oxygen atoms in total. The number of aryl methyl sites for hydroxylation is 1. The molecule has 0 aliphatic heterocycles. The van der Waals surface area contributed by atoms with Crippen molar-refractivity contribution in [3.05, 3.63) is 71.3 Å². The molecule has 2 aliphatic rings. The number of hydrogen-bond donors (Lipinski definition) is 2. The van der Waals surface area contributed by atoms with E-state index in [1.54, 1.807) is 0 Å². The molecule has 0 bridgehead atoms. The van der Waals surface area contributed by atoms with Crippen molar-refractivity contribution in [1.82, 2.24) is 5.32 Å². The maximum atomic E-state index is 12.5. The van der Waals surface area contributed by atoms with Crippen molar-refractivity contribution in [3.8, 4) is 0 Å². The minimum atomic E-state index is -0.929. The van der Waals surface area contributed by atoms with Crippen molar-refractivity contribution in [1.29, 1.82) is 0 Å². The molecular formula is C21H23NO2. The third-order valence-electron chi connectivity index (χ3n) is 5.47. The van der Waals surface area contributed by atoms with Crippen molar-refractivity contribution >= 4 is 5.91 Å². The first-order valence-corrected chi connectivity index (χ1v) is 8.81. The summed E-state index contributed by atoms with van der Waals surface area (Å²) in [7, 11) is 0. The van der Waals surface area contributed by atoms with Gasteiger partial charge in [-0.1, -0.05) is 54.6 Å². The smallest absolute Gasteiger partial charge is 0.223 e. The molecule has 24 heavy (non-hydrogen) atoms. The normalized spacial score (nSPS) is 28.0. The predicted molar refractivity (Wildman–Crippen MR) is 93.6 cm³/mol. The van der Waals surface area contributed by atoms with Crippen LogP contribution < -0.4 is 5.32 Å². The average Bonchev–Trinajstić information content (AvgIpc) is 3.42. The van der Waals surface area contributed by atoms with Crippen LogP contribution in [-0.4, -0.2) is 17.6 Å². The number of carbonyl (C=O) groups excluding carboxylic acids is 1. The number of fused-ring (bicyclic) bond motifs is 1. The number of nitrogens with one attached hydrogen (secondary N) is 1. The molecule has 1 amide bonds. The van der Waals surface area contributed by atoms with Gasteiger partial charge in [0.1, 0.15) is 5.60 Å². The second kappa shape index (κ2) is 6.06. The number of aliphatic hydroxyl groups is 1. The molecule has 4 rings (SSSR count). The van der Waals surface area contributed by atoms with Gasteiger partial charge in [0.15, 0.2) is 0 Å². The van der Waals surface area contributed by atoms with Crippen LogP contribution in [0.15, 0.2) is 54.6 Å². The van der Waals surface area contributed by atoms with Gasteiger partial charge in [0.25, 0.3) is 0 Å². The van der Waals surface area contributed by atoms with Crippen LogP contribution in [0.3, 0.4) is 0 Å². The van der Waals surface area contributed by atoms with Gasteiger partial charge in [-0.15, -0.1) is 0 Å². The van der Waals surface area contributed by atoms with Crippen molar-refractivity contribution in [2.45, 2.75) is 37.2 Å². The first-order chi connectivity index (χ1) is 11.7. The van der Waals surface area contributed by atoms with Crippen LogP contribution in [0.5, 0.6) is 0 Å². The van der Waals surface area contributed by atoms with E-state index in [9.17, 15) is 9.90 Å². The summed E-state index contributed by atoms with van der Waals surface area (Å²) in [5.74, 6) is 0.453. The van der Waals surface area contributed by atoms with Gasteiger partial charge >= 0.3 is 0 Å². The topological polar surface area (TPSA) is 49.3 Å². The van der Waals surface area contributed by atoms with Crippen LogP contribution in [0.25, 0.3) is 0 Å². The van der Waals surface area contributed by atoms with E-state index < -0.39 is 5.60 Å². The molecule has 3 heteroatoms. The third-order valence-corrected chi connectivity index (χ3v) is 5.47. The van der Waals surface area contributed by atoms with Crippen LogP contribution in [0.1, 0.15) is 41.9 Å². The highest BCUT2D eigenvalue weighted by Crippen LogP contribution is 2.47. The highest BCUT2D eigenvalue weighted by atomic mass is 16.3. The van der Waals surface area contributed by atoms with Gasteiger partial charge in [0, 0.05) is 5.92 Å². The molecule has 3 atom stereocenters. The van der Waals surface area contributed by atoms with Crippen LogP contribution in [0, 0.1) is 5.92 Å². The van der Waals surface area contributed by atoms with E-state index in [1.165, 1.54) is 11.1 Å². The van der Waals surface area contributed by atoms with E-state index in [2.05, 4.69) is 23.5 Å². The fourth-order valence-corrected chi connectivity index (χ4v) is 4.00. The molecule has 2 aromatic carbocycles. The Labute approximate surface area is 142 Å². The Bertz CT molecular complexity index is 743. The van der Waals surface area contributed by atoms with Crippen LogP contribution in [0.2, 0.25) is 0 Å². The third kappa shape index (κ3) is 2.84. The quantitative estimate of drug-likeness (QED) is 0.909. The van der Waals surface area contributed by atoms with Gasteiger partial charge in [-0.3, -0.25) is 4.79 Å². The Morgan fingerprint density at radius 3 is 2.71 bits per heavy atom. The number of amides is 1. The Hall–Kier alpha value is -2.13. The lowest BCUT2D eigenvalue weighted by Crippen LogP contribution is -2.43. The van der Waals surface area contributed by atoms with Gasteiger partial charge in [-0.05, 0) is 48.3 Å². The summed E-state index contributed by atoms with van der Waals surface area (Å²) in [6, 6.07) is 18.2. The van der Waals surface area contributed by atoms with Crippen molar-refractivity contribution < 1.29 is 9.90 Å². The lowest BCUT2D eigenvalue weighted by Gasteiger charge is -2.34. The zero-order chi connectivity index (χ0) is 16.6. The second-order valence-corrected chi connectivity index (χ2v) is 7.12. The van der Waals surface area contributed by atoms with E-state index in [-0.39, 0.29) is 11.8 Å². The predicted octanol–water partition coefficient (Wildman–Crippen LogP) is 3.13. The van der Waals surface area contributed by atoms with Crippen LogP contribution in [0.4, 0.5) is 0 Å². The Balaban J connectivity index is 1.40. The van der Waals surface area contributed by atoms with Crippen LogP contribution >= 0.6 is 0 Å². The standard InChI is InChI=1S/C21H23NO2/c23-20(18-13-17(18)15-7-2-1-3-8-15)22-14-21(24)12-6-10-16-9-4-5-11-19(16)21/h1-5,7-9,11,17-18,24H,6,10,12-14H2,(H,22,23). The van der Waals surface area contributed by atoms with Gasteiger partial charge in [-0.2, -0.15) is 0 Å². The van der Waals surface area contributed by atoms with Gasteiger partial charge in [0.05, 0.1) is 6.54 Å². The van der Waals surface area contributed by atoms with Crippen molar-refractivity contribution in [3.63, 3.8) is 0 Å². The van der Waals surface area contributed by atoms with Crippen molar-refractivity contribution in [2.75, 3.05) is 6.54 Å². The number of rotatable bonds is 4. The molecule has 0 saturated heterocycles. The summed E-state index contributed by atoms with van der Waals surface area (Å²) in [5.41, 5.74) is 2.49. The molecule has 1 fully saturated rings. The largest absolute Gasteiger partial charge is 0.383 e. The first kappa shape index (κ1) is 15.4. The summed E-state index contributed by atoms with van der Waals surface area (Å²) in [6.45, 7) is 0.306. The number of benzene rings is 2. The van der Waals surface area contributed by atoms with E-state index in [1.807, 2.05) is 36.4 Å². The Morgan fingerprint density at radius 2 is 1.88 bits per heavy atom. The zero-order valence-corrected chi connectivity index (χ0v) is 13.7. The molecular weight excluding hydrogens is 298 g/mol. The molecule has 2 N–H and O–H groups in total. The van der Waals surface area contributed by atoms with E-state index in [4.69, 9.17) is 0 Å². The average molecular weight is 321 g/mol. The lowest BCUT2D eigenvalue weighted by molar-refractivity contribution is -0.124. The lowest BCUT2D eigenvalue weighted by atomic mass is 9.79. The highest BCUT2D eigenvalue weighted by molar-refractivity contribution is 5.83. The molecule has 0 aromatic heterocycles. The summed E-state index contributed by atoms with van der Waals surface area (Å²) >= 11 is 0. The zero-order valence-electron chi connectivity index (χ0n) is 13.7. The second-order valence-electron chi connectivity index (χ2n) is 7.12. The first-order valence-electron chi connectivity index (χ1n) is 8.81. The molecule has 124 valence electrons. The Kier molecular flexibility index (Phi) is 3.89. The number of carbonyl (C=O) groups is 1. The Morgan fingerprint density at radius 1 is 1.12 bits per heavy atom. The summed E-state index contributed by atoms with van der Waals surface area (Å²) < 4.78 is 0. The van der Waals surface area contributed by atoms with Gasteiger partial charge < -0.3 is 10.4 Å². The van der Waals surface area contributed by atoms with Crippen molar-refractivity contribution in [2.24, 2.45) is 5.92 Å². The van der Waals surface area contributed by atoms with E-state index >= 15 is 0 Å². The molecule has 0 heterocycles. The van der Waals surface area contributed by atoms with Gasteiger partial charge in [0.2, 0.25) is 5.91 Å². The monoisotopic (exact) mass is 321 g/mol. The molecule has 2 aliphatic carbocycles. The number of hydrogen-bond acceptors (Lipinski definition) is 2.